The summed E-state index contributed by atoms with van der Waals surface area (Å²) in [6.07, 6.45) is 2.56. The minimum absolute atomic E-state index is 0.00488. The summed E-state index contributed by atoms with van der Waals surface area (Å²) >= 11 is 0. The van der Waals surface area contributed by atoms with Gasteiger partial charge >= 0.3 is 0 Å². The summed E-state index contributed by atoms with van der Waals surface area (Å²) in [5.41, 5.74) is 2.48. The third-order valence-corrected chi connectivity index (χ3v) is 6.39. The molecule has 2 heterocycles. The number of para-hydroxylation sites is 1. The molecule has 2 aliphatic heterocycles. The van der Waals surface area contributed by atoms with E-state index in [0.717, 1.165) is 24.9 Å². The Hall–Kier alpha value is -2.66. The normalized spacial score (nSPS) is 20.6. The second-order valence-electron chi connectivity index (χ2n) is 8.12. The molecule has 2 aliphatic rings. The molecular formula is C24H28N2O3. The fourth-order valence-corrected chi connectivity index (χ4v) is 4.59. The van der Waals surface area contributed by atoms with Gasteiger partial charge in [-0.15, -0.1) is 0 Å². The lowest BCUT2D eigenvalue weighted by Crippen LogP contribution is -2.42. The Labute approximate surface area is 172 Å². The van der Waals surface area contributed by atoms with Gasteiger partial charge in [0, 0.05) is 43.0 Å². The first-order valence-corrected chi connectivity index (χ1v) is 10.4. The average Bonchev–Trinajstić information content (AvgIpc) is 3.13. The van der Waals surface area contributed by atoms with Crippen molar-refractivity contribution in [3.8, 4) is 0 Å². The summed E-state index contributed by atoms with van der Waals surface area (Å²) in [7, 11) is 0. The lowest BCUT2D eigenvalue weighted by molar-refractivity contribution is -0.124. The number of amides is 2. The van der Waals surface area contributed by atoms with Crippen molar-refractivity contribution in [3.63, 3.8) is 0 Å². The van der Waals surface area contributed by atoms with E-state index >= 15 is 0 Å². The summed E-state index contributed by atoms with van der Waals surface area (Å²) < 4.78 is 5.57. The molecule has 152 valence electrons. The van der Waals surface area contributed by atoms with Crippen molar-refractivity contribution in [3.05, 3.63) is 65.7 Å². The predicted octanol–water partition coefficient (Wildman–Crippen LogP) is 3.76. The summed E-state index contributed by atoms with van der Waals surface area (Å²) in [5, 5.41) is 3.05. The number of ether oxygens (including phenoxy) is 1. The Morgan fingerprint density at radius 3 is 2.41 bits per heavy atom. The molecule has 5 nitrogen and oxygen atoms in total. The minimum Gasteiger partial charge on any atom is -0.381 e. The third kappa shape index (κ3) is 4.06. The molecule has 2 saturated heterocycles. The van der Waals surface area contributed by atoms with Crippen molar-refractivity contribution in [2.75, 3.05) is 31.6 Å². The molecule has 2 fully saturated rings. The molecule has 0 bridgehead atoms. The SMILES string of the molecule is CCc1ccc(C(=O)N2CC(C(=O)Nc3ccccc3)C3(CCOCC3)C2)cc1. The van der Waals surface area contributed by atoms with Crippen LogP contribution in [0.5, 0.6) is 0 Å². The van der Waals surface area contributed by atoms with Crippen molar-refractivity contribution in [2.24, 2.45) is 11.3 Å². The summed E-state index contributed by atoms with van der Waals surface area (Å²) in [5.74, 6) is -0.228. The Kier molecular flexibility index (Phi) is 5.67. The van der Waals surface area contributed by atoms with Crippen LogP contribution in [0.15, 0.2) is 54.6 Å². The Morgan fingerprint density at radius 2 is 1.76 bits per heavy atom. The summed E-state index contributed by atoms with van der Waals surface area (Å²) in [4.78, 5) is 28.2. The van der Waals surface area contributed by atoms with Gasteiger partial charge in [-0.2, -0.15) is 0 Å². The van der Waals surface area contributed by atoms with Gasteiger partial charge in [-0.25, -0.2) is 0 Å². The number of aryl methyl sites for hydroxylation is 1. The first kappa shape index (κ1) is 19.6. The molecule has 1 spiro atoms. The third-order valence-electron chi connectivity index (χ3n) is 6.39. The maximum Gasteiger partial charge on any atom is 0.253 e. The second-order valence-corrected chi connectivity index (χ2v) is 8.12. The van der Waals surface area contributed by atoms with E-state index < -0.39 is 0 Å². The zero-order valence-corrected chi connectivity index (χ0v) is 16.9. The molecule has 0 saturated carbocycles. The topological polar surface area (TPSA) is 58.6 Å². The first-order valence-electron chi connectivity index (χ1n) is 10.4. The highest BCUT2D eigenvalue weighted by atomic mass is 16.5. The first-order chi connectivity index (χ1) is 14.1. The van der Waals surface area contributed by atoms with Crippen LogP contribution in [-0.2, 0) is 16.0 Å². The molecule has 0 aliphatic carbocycles. The van der Waals surface area contributed by atoms with Crippen LogP contribution in [0.3, 0.4) is 0 Å². The Balaban J connectivity index is 1.55. The largest absolute Gasteiger partial charge is 0.381 e. The molecule has 2 aromatic rings. The van der Waals surface area contributed by atoms with Crippen molar-refractivity contribution >= 4 is 17.5 Å². The fourth-order valence-electron chi connectivity index (χ4n) is 4.59. The number of carbonyl (C=O) groups excluding carboxylic acids is 2. The van der Waals surface area contributed by atoms with E-state index in [0.29, 0.717) is 31.9 Å². The van der Waals surface area contributed by atoms with E-state index in [2.05, 4.69) is 12.2 Å². The molecule has 2 aromatic carbocycles. The highest BCUT2D eigenvalue weighted by Crippen LogP contribution is 2.45. The van der Waals surface area contributed by atoms with Crippen LogP contribution in [0, 0.1) is 11.3 Å². The molecule has 1 atom stereocenters. The molecule has 1 N–H and O–H groups in total. The van der Waals surface area contributed by atoms with Crippen LogP contribution >= 0.6 is 0 Å². The van der Waals surface area contributed by atoms with E-state index in [9.17, 15) is 9.59 Å². The van der Waals surface area contributed by atoms with Gasteiger partial charge in [0.15, 0.2) is 0 Å². The van der Waals surface area contributed by atoms with E-state index in [4.69, 9.17) is 4.74 Å². The van der Waals surface area contributed by atoms with Gasteiger partial charge in [0.25, 0.3) is 5.91 Å². The van der Waals surface area contributed by atoms with Gasteiger partial charge in [-0.3, -0.25) is 9.59 Å². The lowest BCUT2D eigenvalue weighted by Gasteiger charge is -2.37. The van der Waals surface area contributed by atoms with Gasteiger partial charge in [0.05, 0.1) is 5.92 Å². The van der Waals surface area contributed by atoms with Crippen LogP contribution in [0.2, 0.25) is 0 Å². The molecule has 0 radical (unpaired) electrons. The number of nitrogens with zero attached hydrogens (tertiary/aromatic N) is 1. The minimum atomic E-state index is -0.231. The molecule has 5 heteroatoms. The number of hydrogen-bond acceptors (Lipinski definition) is 3. The van der Waals surface area contributed by atoms with Crippen LogP contribution in [0.25, 0.3) is 0 Å². The van der Waals surface area contributed by atoms with Crippen LogP contribution < -0.4 is 5.32 Å². The molecule has 4 rings (SSSR count). The lowest BCUT2D eigenvalue weighted by atomic mass is 9.71. The van der Waals surface area contributed by atoms with Crippen molar-refractivity contribution < 1.29 is 14.3 Å². The van der Waals surface area contributed by atoms with Crippen molar-refractivity contribution in [1.82, 2.24) is 4.90 Å². The highest BCUT2D eigenvalue weighted by molar-refractivity contribution is 5.97. The van der Waals surface area contributed by atoms with E-state index in [1.165, 1.54) is 5.56 Å². The van der Waals surface area contributed by atoms with Crippen LogP contribution in [0.4, 0.5) is 5.69 Å². The van der Waals surface area contributed by atoms with Crippen LogP contribution in [0.1, 0.15) is 35.7 Å². The predicted molar refractivity (Wildman–Crippen MR) is 113 cm³/mol. The standard InChI is InChI=1S/C24H28N2O3/c1-2-18-8-10-19(11-9-18)23(28)26-16-21(24(17-26)12-14-29-15-13-24)22(27)25-20-6-4-3-5-7-20/h3-11,21H,2,12-17H2,1H3,(H,25,27). The number of nitrogens with one attached hydrogen (secondary N) is 1. The highest BCUT2D eigenvalue weighted by Gasteiger charge is 2.51. The summed E-state index contributed by atoms with van der Waals surface area (Å²) in [6, 6.07) is 17.3. The zero-order valence-electron chi connectivity index (χ0n) is 16.9. The van der Waals surface area contributed by atoms with Gasteiger partial charge in [0.2, 0.25) is 5.91 Å². The van der Waals surface area contributed by atoms with Gasteiger partial charge in [0.1, 0.15) is 0 Å². The fraction of sp³-hybridized carbons (Fsp3) is 0.417. The van der Waals surface area contributed by atoms with Crippen LogP contribution in [-0.4, -0.2) is 43.0 Å². The Morgan fingerprint density at radius 1 is 1.07 bits per heavy atom. The quantitative estimate of drug-likeness (QED) is 0.862. The molecule has 29 heavy (non-hydrogen) atoms. The number of anilines is 1. The van der Waals surface area contributed by atoms with Gasteiger partial charge < -0.3 is 15.0 Å². The molecule has 0 aromatic heterocycles. The smallest absolute Gasteiger partial charge is 0.253 e. The van der Waals surface area contributed by atoms with E-state index in [1.807, 2.05) is 59.5 Å². The van der Waals surface area contributed by atoms with Crippen molar-refractivity contribution in [1.29, 1.82) is 0 Å². The number of rotatable bonds is 4. The zero-order chi connectivity index (χ0) is 20.3. The average molecular weight is 392 g/mol. The summed E-state index contributed by atoms with van der Waals surface area (Å²) in [6.45, 7) is 4.44. The number of hydrogen-bond donors (Lipinski definition) is 1. The van der Waals surface area contributed by atoms with Gasteiger partial charge in [-0.1, -0.05) is 37.3 Å². The van der Waals surface area contributed by atoms with Gasteiger partial charge in [-0.05, 0) is 49.1 Å². The number of likely N-dealkylation sites (tertiary alicyclic amines) is 1. The van der Waals surface area contributed by atoms with E-state index in [1.54, 1.807) is 0 Å². The molecular weight excluding hydrogens is 364 g/mol. The maximum absolute atomic E-state index is 13.2. The number of benzene rings is 2. The number of carbonyl (C=O) groups is 2. The monoisotopic (exact) mass is 392 g/mol. The maximum atomic E-state index is 13.2. The molecule has 1 unspecified atom stereocenters. The Bertz CT molecular complexity index is 857. The second kappa shape index (κ2) is 8.37. The molecule has 2 amide bonds. The van der Waals surface area contributed by atoms with Crippen molar-refractivity contribution in [2.45, 2.75) is 26.2 Å². The van der Waals surface area contributed by atoms with E-state index in [-0.39, 0.29) is 23.1 Å².